The molecular formula is C17H23IO5. The Balaban J connectivity index is 2.69. The van der Waals surface area contributed by atoms with Gasteiger partial charge in [-0.05, 0) is 73.0 Å². The molecule has 0 heterocycles. The fourth-order valence-corrected chi connectivity index (χ4v) is 2.65. The van der Waals surface area contributed by atoms with Gasteiger partial charge in [0.05, 0.1) is 20.1 Å². The first-order valence-electron chi connectivity index (χ1n) is 7.26. The third kappa shape index (κ3) is 7.30. The predicted octanol–water partition coefficient (Wildman–Crippen LogP) is 3.17. The summed E-state index contributed by atoms with van der Waals surface area (Å²) in [5, 5.41) is 0. The molecule has 5 nitrogen and oxygen atoms in total. The third-order valence-electron chi connectivity index (χ3n) is 2.99. The number of methoxy groups -OCH3 is 1. The van der Waals surface area contributed by atoms with Crippen molar-refractivity contribution in [1.29, 1.82) is 0 Å². The molecule has 0 aromatic heterocycles. The minimum atomic E-state index is -0.522. The van der Waals surface area contributed by atoms with Crippen LogP contribution in [0.3, 0.4) is 0 Å². The van der Waals surface area contributed by atoms with Gasteiger partial charge in [-0.1, -0.05) is 6.07 Å². The number of rotatable bonds is 6. The van der Waals surface area contributed by atoms with E-state index in [4.69, 9.17) is 9.47 Å². The highest BCUT2D eigenvalue weighted by Crippen LogP contribution is 2.20. The van der Waals surface area contributed by atoms with Gasteiger partial charge >= 0.3 is 11.9 Å². The fourth-order valence-electron chi connectivity index (χ4n) is 1.90. The summed E-state index contributed by atoms with van der Waals surface area (Å²) in [6, 6.07) is 3.85. The largest absolute Gasteiger partial charge is 0.469 e. The number of hydrogen-bond donors (Lipinski definition) is 0. The Kier molecular flexibility index (Phi) is 7.47. The molecule has 6 heteroatoms. The van der Waals surface area contributed by atoms with Crippen molar-refractivity contribution < 1.29 is 23.8 Å². The van der Waals surface area contributed by atoms with Crippen LogP contribution in [0, 0.1) is 10.5 Å². The van der Waals surface area contributed by atoms with Crippen molar-refractivity contribution in [2.24, 2.45) is 0 Å². The molecule has 0 bridgehead atoms. The first-order chi connectivity index (χ1) is 10.6. The molecule has 0 amide bonds. The normalized spacial score (nSPS) is 11.2. The Bertz CT molecular complexity index is 575. The molecule has 1 aromatic carbocycles. The maximum absolute atomic E-state index is 11.6. The van der Waals surface area contributed by atoms with Crippen LogP contribution in [0.1, 0.15) is 37.5 Å². The highest BCUT2D eigenvalue weighted by molar-refractivity contribution is 14.1. The molecule has 0 spiro atoms. The predicted molar refractivity (Wildman–Crippen MR) is 95.1 cm³/mol. The lowest BCUT2D eigenvalue weighted by molar-refractivity contribution is -0.160. The standard InChI is InChI=1S/C17H23IO5/c1-11-13(9-22-10-16(20)23-17(2,3)4)6-12(7-14(11)18)8-15(19)21-5/h6-7H,8-10H2,1-5H3. The van der Waals surface area contributed by atoms with Crippen molar-refractivity contribution in [1.82, 2.24) is 0 Å². The van der Waals surface area contributed by atoms with Crippen molar-refractivity contribution in [3.8, 4) is 0 Å². The van der Waals surface area contributed by atoms with E-state index in [0.29, 0.717) is 0 Å². The molecule has 1 aromatic rings. The van der Waals surface area contributed by atoms with Gasteiger partial charge in [0.15, 0.2) is 0 Å². The van der Waals surface area contributed by atoms with Gasteiger partial charge < -0.3 is 14.2 Å². The molecule has 0 aliphatic carbocycles. The lowest BCUT2D eigenvalue weighted by Crippen LogP contribution is -2.26. The SMILES string of the molecule is COC(=O)Cc1cc(I)c(C)c(COCC(=O)OC(C)(C)C)c1. The molecule has 128 valence electrons. The second-order valence-electron chi connectivity index (χ2n) is 6.19. The van der Waals surface area contributed by atoms with Crippen molar-refractivity contribution in [3.63, 3.8) is 0 Å². The summed E-state index contributed by atoms with van der Waals surface area (Å²) in [5.74, 6) is -0.680. The minimum absolute atomic E-state index is 0.103. The summed E-state index contributed by atoms with van der Waals surface area (Å²) in [6.45, 7) is 7.61. The number of halogens is 1. The summed E-state index contributed by atoms with van der Waals surface area (Å²) < 4.78 is 16.4. The Morgan fingerprint density at radius 2 is 1.83 bits per heavy atom. The van der Waals surface area contributed by atoms with Crippen LogP contribution in [-0.2, 0) is 36.8 Å². The second-order valence-corrected chi connectivity index (χ2v) is 7.36. The van der Waals surface area contributed by atoms with E-state index in [2.05, 4.69) is 27.3 Å². The van der Waals surface area contributed by atoms with E-state index in [-0.39, 0.29) is 25.6 Å². The van der Waals surface area contributed by atoms with Gasteiger partial charge in [0, 0.05) is 3.57 Å². The minimum Gasteiger partial charge on any atom is -0.469 e. The quantitative estimate of drug-likeness (QED) is 0.509. The van der Waals surface area contributed by atoms with E-state index in [1.807, 2.05) is 39.8 Å². The van der Waals surface area contributed by atoms with Gasteiger partial charge in [0.25, 0.3) is 0 Å². The summed E-state index contributed by atoms with van der Waals surface area (Å²) in [7, 11) is 1.37. The van der Waals surface area contributed by atoms with Gasteiger partial charge in [-0.25, -0.2) is 4.79 Å². The van der Waals surface area contributed by atoms with Crippen LogP contribution in [0.15, 0.2) is 12.1 Å². The van der Waals surface area contributed by atoms with Gasteiger partial charge in [-0.15, -0.1) is 0 Å². The Morgan fingerprint density at radius 3 is 2.39 bits per heavy atom. The molecular weight excluding hydrogens is 411 g/mol. The van der Waals surface area contributed by atoms with Crippen LogP contribution in [0.5, 0.6) is 0 Å². The average Bonchev–Trinajstić information content (AvgIpc) is 2.41. The van der Waals surface area contributed by atoms with Gasteiger partial charge in [0.1, 0.15) is 12.2 Å². The Hall–Kier alpha value is -1.15. The summed E-state index contributed by atoms with van der Waals surface area (Å²) in [5.41, 5.74) is 2.36. The Labute approximate surface area is 150 Å². The first kappa shape index (κ1) is 19.9. The van der Waals surface area contributed by atoms with Crippen LogP contribution in [0.4, 0.5) is 0 Å². The number of benzene rings is 1. The molecule has 0 saturated carbocycles. The topological polar surface area (TPSA) is 61.8 Å². The smallest absolute Gasteiger partial charge is 0.332 e. The van der Waals surface area contributed by atoms with Crippen molar-refractivity contribution in [2.45, 2.75) is 46.3 Å². The highest BCUT2D eigenvalue weighted by atomic mass is 127. The number of carbonyl (C=O) groups excluding carboxylic acids is 2. The van der Waals surface area contributed by atoms with Crippen molar-refractivity contribution in [3.05, 3.63) is 32.4 Å². The van der Waals surface area contributed by atoms with Crippen LogP contribution in [0.25, 0.3) is 0 Å². The Morgan fingerprint density at radius 1 is 1.17 bits per heavy atom. The lowest BCUT2D eigenvalue weighted by Gasteiger charge is -2.19. The number of ether oxygens (including phenoxy) is 3. The zero-order valence-corrected chi connectivity index (χ0v) is 16.4. The summed E-state index contributed by atoms with van der Waals surface area (Å²) in [4.78, 5) is 23.0. The zero-order valence-electron chi connectivity index (χ0n) is 14.2. The van der Waals surface area contributed by atoms with Crippen LogP contribution < -0.4 is 0 Å². The molecule has 0 fully saturated rings. The first-order valence-corrected chi connectivity index (χ1v) is 8.34. The monoisotopic (exact) mass is 434 g/mol. The van der Waals surface area contributed by atoms with Gasteiger partial charge in [-0.2, -0.15) is 0 Å². The van der Waals surface area contributed by atoms with E-state index < -0.39 is 11.6 Å². The average molecular weight is 434 g/mol. The molecule has 0 atom stereocenters. The van der Waals surface area contributed by atoms with Crippen molar-refractivity contribution in [2.75, 3.05) is 13.7 Å². The maximum Gasteiger partial charge on any atom is 0.332 e. The third-order valence-corrected chi connectivity index (χ3v) is 4.11. The second kappa shape index (κ2) is 8.63. The summed E-state index contributed by atoms with van der Waals surface area (Å²) >= 11 is 2.22. The van der Waals surface area contributed by atoms with E-state index in [0.717, 1.165) is 20.3 Å². The molecule has 23 heavy (non-hydrogen) atoms. The van der Waals surface area contributed by atoms with E-state index in [1.165, 1.54) is 7.11 Å². The highest BCUT2D eigenvalue weighted by Gasteiger charge is 2.16. The molecule has 0 radical (unpaired) electrons. The van der Waals surface area contributed by atoms with Crippen LogP contribution in [0.2, 0.25) is 0 Å². The fraction of sp³-hybridized carbons (Fsp3) is 0.529. The van der Waals surface area contributed by atoms with E-state index in [1.54, 1.807) is 0 Å². The molecule has 0 aliphatic heterocycles. The van der Waals surface area contributed by atoms with E-state index in [9.17, 15) is 9.59 Å². The number of carbonyl (C=O) groups is 2. The van der Waals surface area contributed by atoms with Gasteiger partial charge in [-0.3, -0.25) is 4.79 Å². The molecule has 1 rings (SSSR count). The van der Waals surface area contributed by atoms with Crippen molar-refractivity contribution >= 4 is 34.5 Å². The van der Waals surface area contributed by atoms with Crippen LogP contribution in [-0.4, -0.2) is 31.3 Å². The molecule has 0 unspecified atom stereocenters. The number of hydrogen-bond acceptors (Lipinski definition) is 5. The molecule has 0 aliphatic rings. The molecule has 0 N–H and O–H groups in total. The molecule has 0 saturated heterocycles. The zero-order chi connectivity index (χ0) is 17.6. The van der Waals surface area contributed by atoms with E-state index >= 15 is 0 Å². The maximum atomic E-state index is 11.6. The lowest BCUT2D eigenvalue weighted by atomic mass is 10.0. The number of esters is 2. The van der Waals surface area contributed by atoms with Crippen LogP contribution >= 0.6 is 22.6 Å². The summed E-state index contributed by atoms with van der Waals surface area (Å²) in [6.07, 6.45) is 0.214. The van der Waals surface area contributed by atoms with Gasteiger partial charge in [0.2, 0.25) is 0 Å².